The quantitative estimate of drug-likeness (QED) is 0.843. The Bertz CT molecular complexity index is 547. The van der Waals surface area contributed by atoms with Gasteiger partial charge < -0.3 is 5.11 Å². The normalized spacial score (nSPS) is 10.3. The molecule has 0 fully saturated rings. The number of carbonyl (C=O) groups is 1. The second-order valence-electron chi connectivity index (χ2n) is 4.06. The molecule has 92 valence electrons. The molecule has 0 saturated carbocycles. The van der Waals surface area contributed by atoms with Gasteiger partial charge in [0, 0.05) is 10.6 Å². The fraction of sp³-hybridized carbons (Fsp3) is 0.133. The summed E-state index contributed by atoms with van der Waals surface area (Å²) in [5, 5.41) is 8.81. The zero-order valence-electron chi connectivity index (χ0n) is 10.1. The summed E-state index contributed by atoms with van der Waals surface area (Å²) in [4.78, 5) is 12.0. The van der Waals surface area contributed by atoms with Crippen LogP contribution in [-0.4, -0.2) is 11.1 Å². The van der Waals surface area contributed by atoms with E-state index in [1.54, 1.807) is 23.9 Å². The van der Waals surface area contributed by atoms with Gasteiger partial charge in [0.2, 0.25) is 0 Å². The number of carboxylic acids is 1. The topological polar surface area (TPSA) is 37.3 Å². The number of thioether (sulfide) groups is 1. The van der Waals surface area contributed by atoms with Gasteiger partial charge in [-0.25, -0.2) is 4.79 Å². The molecule has 0 heterocycles. The van der Waals surface area contributed by atoms with Gasteiger partial charge in [0.1, 0.15) is 0 Å². The standard InChI is InChI=1S/C15H14O2S/c1-11-4-2-3-5-14(11)18-10-12-6-8-13(9-7-12)15(16)17/h2-9H,10H2,1H3,(H,16,17). The van der Waals surface area contributed by atoms with Crippen molar-refractivity contribution < 1.29 is 9.90 Å². The monoisotopic (exact) mass is 258 g/mol. The van der Waals surface area contributed by atoms with Crippen LogP contribution >= 0.6 is 11.8 Å². The highest BCUT2D eigenvalue weighted by Gasteiger charge is 2.03. The average molecular weight is 258 g/mol. The summed E-state index contributed by atoms with van der Waals surface area (Å²) in [5.74, 6) is -0.0294. The molecule has 2 aromatic rings. The molecule has 2 aromatic carbocycles. The zero-order chi connectivity index (χ0) is 13.0. The number of aromatic carboxylic acids is 1. The summed E-state index contributed by atoms with van der Waals surface area (Å²) < 4.78 is 0. The fourth-order valence-electron chi connectivity index (χ4n) is 1.62. The van der Waals surface area contributed by atoms with Crippen molar-refractivity contribution in [2.75, 3.05) is 0 Å². The molecule has 2 rings (SSSR count). The molecule has 2 nitrogen and oxygen atoms in total. The van der Waals surface area contributed by atoms with E-state index in [0.29, 0.717) is 5.56 Å². The van der Waals surface area contributed by atoms with Crippen LogP contribution in [0.2, 0.25) is 0 Å². The number of hydrogen-bond acceptors (Lipinski definition) is 2. The van der Waals surface area contributed by atoms with Crippen molar-refractivity contribution in [3.8, 4) is 0 Å². The molecule has 0 amide bonds. The third-order valence-corrected chi connectivity index (χ3v) is 3.94. The first-order chi connectivity index (χ1) is 8.66. The molecule has 1 N–H and O–H groups in total. The van der Waals surface area contributed by atoms with E-state index in [4.69, 9.17) is 5.11 Å². The average Bonchev–Trinajstić information content (AvgIpc) is 2.38. The minimum absolute atomic E-state index is 0.333. The van der Waals surface area contributed by atoms with E-state index in [1.807, 2.05) is 24.3 Å². The lowest BCUT2D eigenvalue weighted by molar-refractivity contribution is 0.0697. The highest BCUT2D eigenvalue weighted by atomic mass is 32.2. The lowest BCUT2D eigenvalue weighted by Gasteiger charge is -2.05. The van der Waals surface area contributed by atoms with E-state index in [1.165, 1.54) is 10.5 Å². The van der Waals surface area contributed by atoms with Crippen LogP contribution in [0.25, 0.3) is 0 Å². The van der Waals surface area contributed by atoms with Crippen LogP contribution in [0.4, 0.5) is 0 Å². The van der Waals surface area contributed by atoms with Crippen LogP contribution in [-0.2, 0) is 5.75 Å². The molecule has 0 unspecified atom stereocenters. The molecule has 0 saturated heterocycles. The van der Waals surface area contributed by atoms with Gasteiger partial charge in [-0.3, -0.25) is 0 Å². The summed E-state index contributed by atoms with van der Waals surface area (Å²) in [6, 6.07) is 15.3. The van der Waals surface area contributed by atoms with Crippen molar-refractivity contribution in [3.63, 3.8) is 0 Å². The Morgan fingerprint density at radius 1 is 1.11 bits per heavy atom. The maximum Gasteiger partial charge on any atom is 0.335 e. The van der Waals surface area contributed by atoms with Gasteiger partial charge in [0.25, 0.3) is 0 Å². The molecule has 0 aliphatic rings. The van der Waals surface area contributed by atoms with Crippen molar-refractivity contribution in [2.24, 2.45) is 0 Å². The number of carboxylic acid groups (broad SMARTS) is 1. The predicted octanol–water partition coefficient (Wildman–Crippen LogP) is 3.99. The highest BCUT2D eigenvalue weighted by molar-refractivity contribution is 7.98. The summed E-state index contributed by atoms with van der Waals surface area (Å²) in [5.41, 5.74) is 2.73. The van der Waals surface area contributed by atoms with Crippen molar-refractivity contribution in [1.82, 2.24) is 0 Å². The SMILES string of the molecule is Cc1ccccc1SCc1ccc(C(=O)O)cc1. The maximum absolute atomic E-state index is 10.7. The van der Waals surface area contributed by atoms with Gasteiger partial charge in [-0.2, -0.15) is 0 Å². The molecule has 18 heavy (non-hydrogen) atoms. The Kier molecular flexibility index (Phi) is 4.05. The first kappa shape index (κ1) is 12.7. The summed E-state index contributed by atoms with van der Waals surface area (Å²) in [6.07, 6.45) is 0. The summed E-state index contributed by atoms with van der Waals surface area (Å²) in [6.45, 7) is 2.09. The summed E-state index contributed by atoms with van der Waals surface area (Å²) >= 11 is 1.77. The highest BCUT2D eigenvalue weighted by Crippen LogP contribution is 2.25. The second-order valence-corrected chi connectivity index (χ2v) is 5.07. The molecule has 0 aromatic heterocycles. The van der Waals surface area contributed by atoms with E-state index >= 15 is 0 Å². The molecule has 0 atom stereocenters. The van der Waals surface area contributed by atoms with Crippen molar-refractivity contribution >= 4 is 17.7 Å². The smallest absolute Gasteiger partial charge is 0.335 e. The van der Waals surface area contributed by atoms with Crippen molar-refractivity contribution in [3.05, 3.63) is 65.2 Å². The lowest BCUT2D eigenvalue weighted by atomic mass is 10.1. The van der Waals surface area contributed by atoms with Crippen LogP contribution in [0.5, 0.6) is 0 Å². The van der Waals surface area contributed by atoms with Gasteiger partial charge in [-0.1, -0.05) is 30.3 Å². The third kappa shape index (κ3) is 3.14. The fourth-order valence-corrected chi connectivity index (χ4v) is 2.61. The van der Waals surface area contributed by atoms with E-state index in [-0.39, 0.29) is 0 Å². The molecule has 3 heteroatoms. The third-order valence-electron chi connectivity index (χ3n) is 2.69. The minimum Gasteiger partial charge on any atom is -0.478 e. The van der Waals surface area contributed by atoms with Gasteiger partial charge in [0.15, 0.2) is 0 Å². The zero-order valence-corrected chi connectivity index (χ0v) is 10.9. The van der Waals surface area contributed by atoms with E-state index in [0.717, 1.165) is 11.3 Å². The van der Waals surface area contributed by atoms with Crippen LogP contribution in [0.3, 0.4) is 0 Å². The van der Waals surface area contributed by atoms with Gasteiger partial charge in [-0.05, 0) is 36.2 Å². The Morgan fingerprint density at radius 3 is 2.39 bits per heavy atom. The Balaban J connectivity index is 2.02. The van der Waals surface area contributed by atoms with Crippen molar-refractivity contribution in [1.29, 1.82) is 0 Å². The molecule has 0 aliphatic carbocycles. The number of aryl methyl sites for hydroxylation is 1. The van der Waals surface area contributed by atoms with E-state index in [2.05, 4.69) is 19.1 Å². The first-order valence-electron chi connectivity index (χ1n) is 5.67. The van der Waals surface area contributed by atoms with Crippen LogP contribution in [0, 0.1) is 6.92 Å². The van der Waals surface area contributed by atoms with E-state index in [9.17, 15) is 4.79 Å². The Morgan fingerprint density at radius 2 is 1.78 bits per heavy atom. The van der Waals surface area contributed by atoms with E-state index < -0.39 is 5.97 Å². The number of rotatable bonds is 4. The first-order valence-corrected chi connectivity index (χ1v) is 6.66. The lowest BCUT2D eigenvalue weighted by Crippen LogP contribution is -1.95. The molecular formula is C15H14O2S. The van der Waals surface area contributed by atoms with Crippen molar-refractivity contribution in [2.45, 2.75) is 17.6 Å². The maximum atomic E-state index is 10.7. The number of hydrogen-bond donors (Lipinski definition) is 1. The molecule has 0 aliphatic heterocycles. The molecule has 0 bridgehead atoms. The summed E-state index contributed by atoms with van der Waals surface area (Å²) in [7, 11) is 0. The largest absolute Gasteiger partial charge is 0.478 e. The van der Waals surface area contributed by atoms with Gasteiger partial charge in [-0.15, -0.1) is 11.8 Å². The van der Waals surface area contributed by atoms with Crippen LogP contribution in [0.15, 0.2) is 53.4 Å². The second kappa shape index (κ2) is 5.74. The van der Waals surface area contributed by atoms with Gasteiger partial charge >= 0.3 is 5.97 Å². The molecule has 0 radical (unpaired) electrons. The van der Waals surface area contributed by atoms with Crippen LogP contribution in [0.1, 0.15) is 21.5 Å². The Hall–Kier alpha value is -1.74. The van der Waals surface area contributed by atoms with Gasteiger partial charge in [0.05, 0.1) is 5.56 Å². The molecular weight excluding hydrogens is 244 g/mol. The Labute approximate surface area is 111 Å². The van der Waals surface area contributed by atoms with Crippen LogP contribution < -0.4 is 0 Å². The predicted molar refractivity (Wildman–Crippen MR) is 74.1 cm³/mol. The molecule has 0 spiro atoms. The minimum atomic E-state index is -0.881. The number of benzene rings is 2.